The number of amides is 1. The molecule has 0 aliphatic carbocycles. The third kappa shape index (κ3) is 3.37. The van der Waals surface area contributed by atoms with E-state index in [4.69, 9.17) is 4.74 Å². The quantitative estimate of drug-likeness (QED) is 0.671. The maximum atomic E-state index is 12.1. The zero-order valence-corrected chi connectivity index (χ0v) is 12.3. The Morgan fingerprint density at radius 1 is 1.47 bits per heavy atom. The summed E-state index contributed by atoms with van der Waals surface area (Å²) in [5.41, 5.74) is -0.832. The van der Waals surface area contributed by atoms with Gasteiger partial charge >= 0.3 is 6.09 Å². The van der Waals surface area contributed by atoms with Crippen molar-refractivity contribution < 1.29 is 9.53 Å². The molecule has 1 rings (SSSR count). The summed E-state index contributed by atoms with van der Waals surface area (Å²) in [7, 11) is 0. The highest BCUT2D eigenvalue weighted by Gasteiger charge is 2.39. The molecule has 17 heavy (non-hydrogen) atoms. The van der Waals surface area contributed by atoms with Crippen LogP contribution >= 0.6 is 11.8 Å². The van der Waals surface area contributed by atoms with Crippen LogP contribution in [0.25, 0.3) is 0 Å². The van der Waals surface area contributed by atoms with E-state index in [1.165, 1.54) is 0 Å². The second kappa shape index (κ2) is 4.88. The number of hydrogen-bond donors (Lipinski definition) is 0. The van der Waals surface area contributed by atoms with Crippen molar-refractivity contribution in [2.75, 3.05) is 19.3 Å². The first kappa shape index (κ1) is 14.4. The summed E-state index contributed by atoms with van der Waals surface area (Å²) in [6, 6.07) is 0. The first-order chi connectivity index (χ1) is 7.68. The molecule has 0 spiro atoms. The summed E-state index contributed by atoms with van der Waals surface area (Å²) < 4.78 is 5.43. The Kier molecular flexibility index (Phi) is 4.12. The Balaban J connectivity index is 2.85. The lowest BCUT2D eigenvalue weighted by Gasteiger charge is -2.41. The smallest absolute Gasteiger partial charge is 0.411 e. The fourth-order valence-electron chi connectivity index (χ4n) is 1.79. The molecular formula is C12H22N2O2S. The highest BCUT2D eigenvalue weighted by Crippen LogP contribution is 2.27. The molecule has 1 aliphatic heterocycles. The highest BCUT2D eigenvalue weighted by atomic mass is 32.2. The monoisotopic (exact) mass is 258 g/mol. The van der Waals surface area contributed by atoms with E-state index in [0.717, 1.165) is 5.04 Å². The van der Waals surface area contributed by atoms with E-state index in [-0.39, 0.29) is 11.6 Å². The normalized spacial score (nSPS) is 19.9. The molecule has 0 atom stereocenters. The molecule has 1 aliphatic rings. The summed E-state index contributed by atoms with van der Waals surface area (Å²) in [6.45, 7) is 10.9. The summed E-state index contributed by atoms with van der Waals surface area (Å²) in [5.74, 6) is 0. The SMILES string of the molecule is CSC1=NCCN(C(=O)OC(C)(C)C)C1(C)C. The Morgan fingerprint density at radius 2 is 2.06 bits per heavy atom. The molecule has 0 aromatic rings. The van der Waals surface area contributed by atoms with Crippen molar-refractivity contribution in [2.45, 2.75) is 45.8 Å². The van der Waals surface area contributed by atoms with Crippen LogP contribution in [0.3, 0.4) is 0 Å². The van der Waals surface area contributed by atoms with Crippen LogP contribution in [0.4, 0.5) is 4.79 Å². The van der Waals surface area contributed by atoms with Gasteiger partial charge in [-0.15, -0.1) is 11.8 Å². The van der Waals surface area contributed by atoms with Gasteiger partial charge in [-0.2, -0.15) is 0 Å². The number of carbonyl (C=O) groups is 1. The molecule has 0 radical (unpaired) electrons. The molecule has 1 amide bonds. The number of rotatable bonds is 0. The molecule has 1 heterocycles. The molecule has 0 unspecified atom stereocenters. The number of carbonyl (C=O) groups excluding carboxylic acids is 1. The van der Waals surface area contributed by atoms with E-state index in [1.54, 1.807) is 16.7 Å². The molecule has 4 nitrogen and oxygen atoms in total. The van der Waals surface area contributed by atoms with Gasteiger partial charge < -0.3 is 4.74 Å². The van der Waals surface area contributed by atoms with Crippen LogP contribution in [0.1, 0.15) is 34.6 Å². The van der Waals surface area contributed by atoms with Crippen LogP contribution in [0.2, 0.25) is 0 Å². The molecule has 0 saturated heterocycles. The van der Waals surface area contributed by atoms with Gasteiger partial charge in [-0.05, 0) is 40.9 Å². The number of hydrogen-bond acceptors (Lipinski definition) is 4. The molecule has 0 aromatic heterocycles. The molecule has 0 aromatic carbocycles. The van der Waals surface area contributed by atoms with Gasteiger partial charge in [0.15, 0.2) is 0 Å². The summed E-state index contributed by atoms with van der Waals surface area (Å²) in [5, 5.41) is 0.981. The van der Waals surface area contributed by atoms with E-state index < -0.39 is 5.60 Å². The van der Waals surface area contributed by atoms with E-state index in [0.29, 0.717) is 13.1 Å². The zero-order valence-electron chi connectivity index (χ0n) is 11.5. The van der Waals surface area contributed by atoms with Crippen LogP contribution in [0.5, 0.6) is 0 Å². The van der Waals surface area contributed by atoms with Crippen molar-refractivity contribution in [3.05, 3.63) is 0 Å². The molecule has 0 fully saturated rings. The van der Waals surface area contributed by atoms with Gasteiger partial charge in [0.1, 0.15) is 5.60 Å². The van der Waals surface area contributed by atoms with E-state index in [2.05, 4.69) is 4.99 Å². The molecule has 98 valence electrons. The van der Waals surface area contributed by atoms with Crippen molar-refractivity contribution >= 4 is 22.9 Å². The number of ether oxygens (including phenoxy) is 1. The lowest BCUT2D eigenvalue weighted by Crippen LogP contribution is -2.56. The maximum absolute atomic E-state index is 12.1. The minimum atomic E-state index is -0.457. The largest absolute Gasteiger partial charge is 0.444 e. The van der Waals surface area contributed by atoms with Crippen LogP contribution in [0, 0.1) is 0 Å². The van der Waals surface area contributed by atoms with E-state index in [1.807, 2.05) is 40.9 Å². The predicted molar refractivity (Wildman–Crippen MR) is 72.8 cm³/mol. The van der Waals surface area contributed by atoms with Gasteiger partial charge in [-0.1, -0.05) is 0 Å². The van der Waals surface area contributed by atoms with Gasteiger partial charge in [-0.3, -0.25) is 9.89 Å². The molecule has 5 heteroatoms. The lowest BCUT2D eigenvalue weighted by molar-refractivity contribution is 0.0129. The fraction of sp³-hybridized carbons (Fsp3) is 0.833. The average molecular weight is 258 g/mol. The molecule has 0 saturated carbocycles. The summed E-state index contributed by atoms with van der Waals surface area (Å²) in [4.78, 5) is 18.4. The molecule has 0 bridgehead atoms. The number of nitrogens with zero attached hydrogens (tertiary/aromatic N) is 2. The topological polar surface area (TPSA) is 41.9 Å². The number of aliphatic imine (C=N–C) groups is 1. The maximum Gasteiger partial charge on any atom is 0.411 e. The Labute approximate surface area is 108 Å². The first-order valence-corrected chi connectivity index (χ1v) is 7.00. The standard InChI is InChI=1S/C12H22N2O2S/c1-11(2,3)16-10(15)14-8-7-13-9(17-6)12(14,4)5/h7-8H2,1-6H3. The first-order valence-electron chi connectivity index (χ1n) is 5.78. The van der Waals surface area contributed by atoms with Crippen LogP contribution in [0.15, 0.2) is 4.99 Å². The molecule has 0 N–H and O–H groups in total. The van der Waals surface area contributed by atoms with Crippen molar-refractivity contribution in [3.63, 3.8) is 0 Å². The van der Waals surface area contributed by atoms with Gasteiger partial charge in [-0.25, -0.2) is 4.79 Å². The summed E-state index contributed by atoms with van der Waals surface area (Å²) in [6.07, 6.45) is 1.73. The lowest BCUT2D eigenvalue weighted by atomic mass is 10.0. The summed E-state index contributed by atoms with van der Waals surface area (Å²) >= 11 is 1.59. The van der Waals surface area contributed by atoms with Crippen LogP contribution < -0.4 is 0 Å². The highest BCUT2D eigenvalue weighted by molar-refractivity contribution is 8.13. The van der Waals surface area contributed by atoms with Crippen molar-refractivity contribution in [1.29, 1.82) is 0 Å². The minimum Gasteiger partial charge on any atom is -0.444 e. The van der Waals surface area contributed by atoms with Gasteiger partial charge in [0.2, 0.25) is 0 Å². The van der Waals surface area contributed by atoms with Crippen molar-refractivity contribution in [2.24, 2.45) is 4.99 Å². The Bertz CT molecular complexity index is 332. The third-order valence-electron chi connectivity index (χ3n) is 2.58. The predicted octanol–water partition coefficient (Wildman–Crippen LogP) is 2.78. The van der Waals surface area contributed by atoms with Gasteiger partial charge in [0.05, 0.1) is 17.1 Å². The second-order valence-electron chi connectivity index (χ2n) is 5.58. The van der Waals surface area contributed by atoms with E-state index in [9.17, 15) is 4.79 Å². The van der Waals surface area contributed by atoms with Crippen molar-refractivity contribution in [3.8, 4) is 0 Å². The van der Waals surface area contributed by atoms with E-state index >= 15 is 0 Å². The fourth-order valence-corrected chi connectivity index (χ4v) is 2.62. The third-order valence-corrected chi connectivity index (χ3v) is 3.60. The Hall–Kier alpha value is -0.710. The van der Waals surface area contributed by atoms with Crippen molar-refractivity contribution in [1.82, 2.24) is 4.90 Å². The van der Waals surface area contributed by atoms with Crippen LogP contribution in [-0.4, -0.2) is 46.5 Å². The average Bonchev–Trinajstić information content (AvgIpc) is 2.13. The minimum absolute atomic E-state index is 0.260. The molecular weight excluding hydrogens is 236 g/mol. The van der Waals surface area contributed by atoms with Gasteiger partial charge in [0, 0.05) is 6.54 Å². The zero-order chi connectivity index (χ0) is 13.3. The van der Waals surface area contributed by atoms with Gasteiger partial charge in [0.25, 0.3) is 0 Å². The second-order valence-corrected chi connectivity index (χ2v) is 6.38. The number of thioether (sulfide) groups is 1. The Morgan fingerprint density at radius 3 is 2.53 bits per heavy atom. The van der Waals surface area contributed by atoms with Crippen LogP contribution in [-0.2, 0) is 4.74 Å².